The number of hydrogen-bond acceptors (Lipinski definition) is 2. The molecule has 0 spiro atoms. The van der Waals surface area contributed by atoms with Gasteiger partial charge in [0.2, 0.25) is 0 Å². The highest BCUT2D eigenvalue weighted by molar-refractivity contribution is 5.59. The van der Waals surface area contributed by atoms with Crippen LogP contribution in [0.15, 0.2) is 4.99 Å². The van der Waals surface area contributed by atoms with E-state index in [1.165, 1.54) is 19.3 Å². The van der Waals surface area contributed by atoms with Gasteiger partial charge in [0.25, 0.3) is 0 Å². The normalized spacial score (nSPS) is 16.0. The summed E-state index contributed by atoms with van der Waals surface area (Å²) in [5, 5.41) is 0. The fourth-order valence-corrected chi connectivity index (χ4v) is 1.30. The van der Waals surface area contributed by atoms with Crippen molar-refractivity contribution in [3.05, 3.63) is 0 Å². The molecular formula is C12H26N2. The predicted molar refractivity (Wildman–Crippen MR) is 64.9 cm³/mol. The SMILES string of the molecule is CCCCC(C)C=NCCC(N)CC. The van der Waals surface area contributed by atoms with E-state index in [2.05, 4.69) is 32.0 Å². The lowest BCUT2D eigenvalue weighted by Gasteiger charge is -2.06. The van der Waals surface area contributed by atoms with E-state index in [0.717, 1.165) is 19.4 Å². The van der Waals surface area contributed by atoms with Crippen LogP contribution in [0.3, 0.4) is 0 Å². The third kappa shape index (κ3) is 8.24. The lowest BCUT2D eigenvalue weighted by atomic mass is 10.1. The Morgan fingerprint density at radius 3 is 2.57 bits per heavy atom. The molecule has 2 unspecified atom stereocenters. The predicted octanol–water partition coefficient (Wildman–Crippen LogP) is 3.01. The Balaban J connectivity index is 3.41. The maximum Gasteiger partial charge on any atom is 0.0400 e. The van der Waals surface area contributed by atoms with Crippen LogP contribution < -0.4 is 5.73 Å². The number of unbranched alkanes of at least 4 members (excludes halogenated alkanes) is 1. The van der Waals surface area contributed by atoms with Crippen LogP contribution in [0.4, 0.5) is 0 Å². The van der Waals surface area contributed by atoms with Gasteiger partial charge in [-0.15, -0.1) is 0 Å². The Hall–Kier alpha value is -0.370. The van der Waals surface area contributed by atoms with E-state index in [0.29, 0.717) is 12.0 Å². The lowest BCUT2D eigenvalue weighted by Crippen LogP contribution is -2.19. The number of nitrogens with two attached hydrogens (primary N) is 1. The van der Waals surface area contributed by atoms with E-state index in [1.54, 1.807) is 0 Å². The first-order valence-corrected chi connectivity index (χ1v) is 5.96. The molecule has 14 heavy (non-hydrogen) atoms. The molecule has 0 rings (SSSR count). The average Bonchev–Trinajstić information content (AvgIpc) is 2.21. The zero-order valence-corrected chi connectivity index (χ0v) is 10.00. The highest BCUT2D eigenvalue weighted by Crippen LogP contribution is 2.04. The summed E-state index contributed by atoms with van der Waals surface area (Å²) in [5.74, 6) is 0.632. The summed E-state index contributed by atoms with van der Waals surface area (Å²) in [4.78, 5) is 4.41. The van der Waals surface area contributed by atoms with Gasteiger partial charge in [0.15, 0.2) is 0 Å². The van der Waals surface area contributed by atoms with Gasteiger partial charge in [-0.2, -0.15) is 0 Å². The van der Waals surface area contributed by atoms with Gasteiger partial charge in [0.1, 0.15) is 0 Å². The molecule has 0 radical (unpaired) electrons. The smallest absolute Gasteiger partial charge is 0.0400 e. The molecule has 0 bridgehead atoms. The topological polar surface area (TPSA) is 38.4 Å². The molecule has 0 saturated carbocycles. The van der Waals surface area contributed by atoms with Gasteiger partial charge < -0.3 is 5.73 Å². The Kier molecular flexibility index (Phi) is 8.95. The van der Waals surface area contributed by atoms with Gasteiger partial charge in [0.05, 0.1) is 0 Å². The summed E-state index contributed by atoms with van der Waals surface area (Å²) < 4.78 is 0. The number of rotatable bonds is 8. The summed E-state index contributed by atoms with van der Waals surface area (Å²) in [5.41, 5.74) is 5.80. The van der Waals surface area contributed by atoms with Crippen molar-refractivity contribution in [1.29, 1.82) is 0 Å². The van der Waals surface area contributed by atoms with E-state index in [-0.39, 0.29) is 0 Å². The average molecular weight is 198 g/mol. The van der Waals surface area contributed by atoms with E-state index in [1.807, 2.05) is 0 Å². The van der Waals surface area contributed by atoms with Crippen molar-refractivity contribution >= 4 is 6.21 Å². The summed E-state index contributed by atoms with van der Waals surface area (Å²) in [6.07, 6.45) is 8.02. The molecule has 0 saturated heterocycles. The molecule has 0 amide bonds. The third-order valence-corrected chi connectivity index (χ3v) is 2.53. The van der Waals surface area contributed by atoms with Gasteiger partial charge >= 0.3 is 0 Å². The largest absolute Gasteiger partial charge is 0.328 e. The van der Waals surface area contributed by atoms with Crippen LogP contribution in [0.2, 0.25) is 0 Å². The van der Waals surface area contributed by atoms with E-state index in [9.17, 15) is 0 Å². The zero-order chi connectivity index (χ0) is 10.8. The minimum absolute atomic E-state index is 0.332. The Morgan fingerprint density at radius 2 is 2.00 bits per heavy atom. The molecule has 0 heterocycles. The number of aliphatic imine (C=N–C) groups is 1. The van der Waals surface area contributed by atoms with Crippen molar-refractivity contribution in [1.82, 2.24) is 0 Å². The maximum atomic E-state index is 5.80. The van der Waals surface area contributed by atoms with Crippen LogP contribution in [0, 0.1) is 5.92 Å². The lowest BCUT2D eigenvalue weighted by molar-refractivity contribution is 0.599. The molecule has 84 valence electrons. The molecule has 0 aliphatic carbocycles. The monoisotopic (exact) mass is 198 g/mol. The van der Waals surface area contributed by atoms with Gasteiger partial charge in [-0.05, 0) is 25.2 Å². The molecule has 2 N–H and O–H groups in total. The van der Waals surface area contributed by atoms with Gasteiger partial charge in [-0.3, -0.25) is 4.99 Å². The Morgan fingerprint density at radius 1 is 1.29 bits per heavy atom. The second kappa shape index (κ2) is 9.20. The molecule has 0 fully saturated rings. The van der Waals surface area contributed by atoms with Crippen molar-refractivity contribution in [3.63, 3.8) is 0 Å². The fourth-order valence-electron chi connectivity index (χ4n) is 1.30. The van der Waals surface area contributed by atoms with Crippen molar-refractivity contribution in [2.45, 2.75) is 58.9 Å². The van der Waals surface area contributed by atoms with E-state index < -0.39 is 0 Å². The summed E-state index contributed by atoms with van der Waals surface area (Å²) in [7, 11) is 0. The molecule has 0 aliphatic heterocycles. The molecule has 0 aliphatic rings. The molecule has 0 aromatic carbocycles. The van der Waals surface area contributed by atoms with E-state index in [4.69, 9.17) is 5.73 Å². The standard InChI is InChI=1S/C12H26N2/c1-4-6-7-11(3)10-14-9-8-12(13)5-2/h10-12H,4-9,13H2,1-3H3. The number of nitrogens with zero attached hydrogens (tertiary/aromatic N) is 1. The summed E-state index contributed by atoms with van der Waals surface area (Å²) in [6.45, 7) is 7.48. The van der Waals surface area contributed by atoms with Crippen molar-refractivity contribution in [3.8, 4) is 0 Å². The van der Waals surface area contributed by atoms with Crippen molar-refractivity contribution in [2.24, 2.45) is 16.6 Å². The van der Waals surface area contributed by atoms with Crippen LogP contribution in [0.25, 0.3) is 0 Å². The Bertz CT molecular complexity index is 143. The molecule has 0 aromatic rings. The van der Waals surface area contributed by atoms with Gasteiger partial charge in [-0.25, -0.2) is 0 Å². The maximum absolute atomic E-state index is 5.80. The molecule has 2 atom stereocenters. The van der Waals surface area contributed by atoms with Crippen LogP contribution in [0.5, 0.6) is 0 Å². The second-order valence-corrected chi connectivity index (χ2v) is 4.13. The zero-order valence-electron chi connectivity index (χ0n) is 10.00. The molecular weight excluding hydrogens is 172 g/mol. The molecule has 2 nitrogen and oxygen atoms in total. The first-order valence-electron chi connectivity index (χ1n) is 5.96. The van der Waals surface area contributed by atoms with Crippen molar-refractivity contribution in [2.75, 3.05) is 6.54 Å². The second-order valence-electron chi connectivity index (χ2n) is 4.13. The van der Waals surface area contributed by atoms with Gasteiger partial charge in [-0.1, -0.05) is 33.6 Å². The first-order chi connectivity index (χ1) is 6.70. The first kappa shape index (κ1) is 13.6. The molecule has 0 aromatic heterocycles. The van der Waals surface area contributed by atoms with Crippen LogP contribution in [-0.4, -0.2) is 18.8 Å². The minimum Gasteiger partial charge on any atom is -0.328 e. The van der Waals surface area contributed by atoms with Gasteiger partial charge in [0, 0.05) is 18.8 Å². The highest BCUT2D eigenvalue weighted by atomic mass is 14.7. The van der Waals surface area contributed by atoms with E-state index >= 15 is 0 Å². The van der Waals surface area contributed by atoms with Crippen molar-refractivity contribution < 1.29 is 0 Å². The Labute approximate surface area is 89.0 Å². The highest BCUT2D eigenvalue weighted by Gasteiger charge is 1.98. The van der Waals surface area contributed by atoms with Crippen LogP contribution >= 0.6 is 0 Å². The minimum atomic E-state index is 0.332. The third-order valence-electron chi connectivity index (χ3n) is 2.53. The summed E-state index contributed by atoms with van der Waals surface area (Å²) in [6, 6.07) is 0.332. The molecule has 2 heteroatoms. The van der Waals surface area contributed by atoms with Crippen LogP contribution in [-0.2, 0) is 0 Å². The quantitative estimate of drug-likeness (QED) is 0.598. The van der Waals surface area contributed by atoms with Crippen LogP contribution in [0.1, 0.15) is 52.9 Å². The summed E-state index contributed by atoms with van der Waals surface area (Å²) >= 11 is 0. The number of hydrogen-bond donors (Lipinski definition) is 1. The fraction of sp³-hybridized carbons (Fsp3) is 0.917.